The standard InChI is InChI=1S/C31H33N5O2/c1-22-13-14-32-28(20-22)35-18-16-34(17-19-35)25-11-9-24(10-12-25)33-31(38)30(37)29-27(23-6-2-3-7-23)21-26-8-4-5-15-36(26)29/h4-5,8-15,20-21,23H,2-3,6-7,16-19H2,1H3,(H,33,38). The van der Waals surface area contributed by atoms with Crippen molar-refractivity contribution in [2.45, 2.75) is 38.5 Å². The molecule has 1 aliphatic carbocycles. The number of nitrogens with one attached hydrogen (secondary N) is 1. The van der Waals surface area contributed by atoms with Crippen LogP contribution in [-0.4, -0.2) is 47.3 Å². The number of anilines is 3. The summed E-state index contributed by atoms with van der Waals surface area (Å²) in [6, 6.07) is 19.9. The van der Waals surface area contributed by atoms with Crippen molar-refractivity contribution in [3.05, 3.63) is 89.9 Å². The molecule has 7 nitrogen and oxygen atoms in total. The van der Waals surface area contributed by atoms with E-state index in [1.165, 1.54) is 18.4 Å². The van der Waals surface area contributed by atoms with Gasteiger partial charge in [0.05, 0.1) is 0 Å². The smallest absolute Gasteiger partial charge is 0.298 e. The lowest BCUT2D eigenvalue weighted by Crippen LogP contribution is -2.46. The number of benzene rings is 1. The minimum absolute atomic E-state index is 0.336. The van der Waals surface area contributed by atoms with Crippen LogP contribution in [0.25, 0.3) is 5.52 Å². The SMILES string of the molecule is Cc1ccnc(N2CCN(c3ccc(NC(=O)C(=O)c4c(C5CCCC5)cc5ccccn45)cc3)CC2)c1. The van der Waals surface area contributed by atoms with E-state index in [1.807, 2.05) is 65.3 Å². The van der Waals surface area contributed by atoms with Gasteiger partial charge in [-0.05, 0) is 91.4 Å². The molecule has 1 saturated carbocycles. The van der Waals surface area contributed by atoms with E-state index in [1.54, 1.807) is 0 Å². The number of nitrogens with zero attached hydrogens (tertiary/aromatic N) is 4. The van der Waals surface area contributed by atoms with Crippen molar-refractivity contribution in [1.82, 2.24) is 9.38 Å². The quantitative estimate of drug-likeness (QED) is 0.278. The van der Waals surface area contributed by atoms with Gasteiger partial charge in [0.2, 0.25) is 0 Å². The van der Waals surface area contributed by atoms with E-state index in [0.717, 1.165) is 61.6 Å². The van der Waals surface area contributed by atoms with Gasteiger partial charge in [-0.1, -0.05) is 18.9 Å². The predicted molar refractivity (Wildman–Crippen MR) is 151 cm³/mol. The van der Waals surface area contributed by atoms with E-state index in [-0.39, 0.29) is 0 Å². The normalized spacial score (nSPS) is 16.2. The third-order valence-corrected chi connectivity index (χ3v) is 7.92. The Morgan fingerprint density at radius 3 is 2.37 bits per heavy atom. The fourth-order valence-electron chi connectivity index (χ4n) is 5.87. The molecular weight excluding hydrogens is 474 g/mol. The molecule has 0 atom stereocenters. The Hall–Kier alpha value is -4.13. The lowest BCUT2D eigenvalue weighted by Gasteiger charge is -2.36. The Balaban J connectivity index is 1.13. The molecule has 2 aliphatic rings. The van der Waals surface area contributed by atoms with Gasteiger partial charge in [-0.3, -0.25) is 9.59 Å². The highest BCUT2D eigenvalue weighted by molar-refractivity contribution is 6.46. The summed E-state index contributed by atoms with van der Waals surface area (Å²) in [7, 11) is 0. The first kappa shape index (κ1) is 24.2. The van der Waals surface area contributed by atoms with Gasteiger partial charge in [-0.2, -0.15) is 0 Å². The van der Waals surface area contributed by atoms with Gasteiger partial charge in [-0.15, -0.1) is 0 Å². The van der Waals surface area contributed by atoms with Crippen LogP contribution in [0, 0.1) is 6.92 Å². The second-order valence-electron chi connectivity index (χ2n) is 10.4. The minimum atomic E-state index is -0.597. The summed E-state index contributed by atoms with van der Waals surface area (Å²) in [5, 5.41) is 2.84. The largest absolute Gasteiger partial charge is 0.368 e. The summed E-state index contributed by atoms with van der Waals surface area (Å²) in [6.07, 6.45) is 8.20. The summed E-state index contributed by atoms with van der Waals surface area (Å²) in [6.45, 7) is 5.68. The minimum Gasteiger partial charge on any atom is -0.368 e. The molecule has 1 N–H and O–H groups in total. The lowest BCUT2D eigenvalue weighted by molar-refractivity contribution is -0.112. The van der Waals surface area contributed by atoms with E-state index >= 15 is 0 Å². The van der Waals surface area contributed by atoms with Crippen LogP contribution in [0.4, 0.5) is 17.2 Å². The number of hydrogen-bond donors (Lipinski definition) is 1. The number of fused-ring (bicyclic) bond motifs is 1. The van der Waals surface area contributed by atoms with Crippen molar-refractivity contribution < 1.29 is 9.59 Å². The first-order chi connectivity index (χ1) is 18.6. The number of hydrogen-bond acceptors (Lipinski definition) is 5. The molecule has 0 spiro atoms. The van der Waals surface area contributed by atoms with Crippen LogP contribution in [0.1, 0.15) is 53.2 Å². The fraction of sp³-hybridized carbons (Fsp3) is 0.323. The molecule has 2 fully saturated rings. The van der Waals surface area contributed by atoms with Crippen molar-refractivity contribution in [3.63, 3.8) is 0 Å². The average Bonchev–Trinajstić information content (AvgIpc) is 3.61. The van der Waals surface area contributed by atoms with Crippen molar-refractivity contribution in [3.8, 4) is 0 Å². The van der Waals surface area contributed by atoms with Gasteiger partial charge in [-0.25, -0.2) is 4.98 Å². The van der Waals surface area contributed by atoms with Gasteiger partial charge in [0.15, 0.2) is 0 Å². The molecule has 38 heavy (non-hydrogen) atoms. The molecule has 0 bridgehead atoms. The van der Waals surface area contributed by atoms with Crippen LogP contribution in [0.2, 0.25) is 0 Å². The second-order valence-corrected chi connectivity index (χ2v) is 10.4. The topological polar surface area (TPSA) is 70.0 Å². The van der Waals surface area contributed by atoms with Gasteiger partial charge < -0.3 is 19.5 Å². The summed E-state index contributed by atoms with van der Waals surface area (Å²) >= 11 is 0. The second kappa shape index (κ2) is 10.3. The van der Waals surface area contributed by atoms with Crippen molar-refractivity contribution in [1.29, 1.82) is 0 Å². The van der Waals surface area contributed by atoms with Gasteiger partial charge in [0.25, 0.3) is 11.7 Å². The number of Topliss-reactive ketones (excluding diaryl/α,β-unsaturated/α-hetero) is 1. The lowest BCUT2D eigenvalue weighted by atomic mass is 9.96. The van der Waals surface area contributed by atoms with Gasteiger partial charge in [0, 0.05) is 55.5 Å². The number of carbonyl (C=O) groups excluding carboxylic acids is 2. The maximum absolute atomic E-state index is 13.4. The van der Waals surface area contributed by atoms with Crippen LogP contribution in [0.3, 0.4) is 0 Å². The third kappa shape index (κ3) is 4.76. The van der Waals surface area contributed by atoms with Crippen molar-refractivity contribution >= 4 is 34.4 Å². The van der Waals surface area contributed by atoms with Crippen LogP contribution < -0.4 is 15.1 Å². The molecule has 1 amide bonds. The molecule has 3 aromatic heterocycles. The maximum Gasteiger partial charge on any atom is 0.298 e. The Morgan fingerprint density at radius 2 is 1.63 bits per heavy atom. The number of rotatable bonds is 6. The van der Waals surface area contributed by atoms with Crippen LogP contribution >= 0.6 is 0 Å². The van der Waals surface area contributed by atoms with E-state index < -0.39 is 11.7 Å². The Morgan fingerprint density at radius 1 is 0.895 bits per heavy atom. The first-order valence-electron chi connectivity index (χ1n) is 13.5. The zero-order valence-electron chi connectivity index (χ0n) is 21.8. The average molecular weight is 508 g/mol. The molecule has 4 heterocycles. The molecule has 1 aliphatic heterocycles. The third-order valence-electron chi connectivity index (χ3n) is 7.92. The molecule has 0 radical (unpaired) electrons. The summed E-state index contributed by atoms with van der Waals surface area (Å²) in [4.78, 5) is 35.7. The fourth-order valence-corrected chi connectivity index (χ4v) is 5.87. The van der Waals surface area contributed by atoms with E-state index in [2.05, 4.69) is 39.2 Å². The Labute approximate surface area is 223 Å². The molecule has 194 valence electrons. The maximum atomic E-state index is 13.4. The predicted octanol–water partition coefficient (Wildman–Crippen LogP) is 5.45. The van der Waals surface area contributed by atoms with Crippen molar-refractivity contribution in [2.24, 2.45) is 0 Å². The van der Waals surface area contributed by atoms with E-state index in [4.69, 9.17) is 0 Å². The highest BCUT2D eigenvalue weighted by atomic mass is 16.2. The molecular formula is C31H33N5O2. The molecule has 6 rings (SSSR count). The number of carbonyl (C=O) groups is 2. The molecule has 4 aromatic rings. The van der Waals surface area contributed by atoms with Gasteiger partial charge in [0.1, 0.15) is 11.5 Å². The zero-order chi connectivity index (χ0) is 26.1. The van der Waals surface area contributed by atoms with E-state index in [0.29, 0.717) is 17.3 Å². The summed E-state index contributed by atoms with van der Waals surface area (Å²) < 4.78 is 1.87. The summed E-state index contributed by atoms with van der Waals surface area (Å²) in [5.74, 6) is 0.283. The number of piperazine rings is 1. The van der Waals surface area contributed by atoms with E-state index in [9.17, 15) is 9.59 Å². The van der Waals surface area contributed by atoms with Crippen LogP contribution in [0.5, 0.6) is 0 Å². The molecule has 7 heteroatoms. The Bertz CT molecular complexity index is 1460. The van der Waals surface area contributed by atoms with Crippen molar-refractivity contribution in [2.75, 3.05) is 41.3 Å². The van der Waals surface area contributed by atoms with Crippen LogP contribution in [-0.2, 0) is 4.79 Å². The number of aromatic nitrogens is 2. The number of ketones is 1. The highest BCUT2D eigenvalue weighted by Crippen LogP contribution is 2.37. The number of amides is 1. The number of aryl methyl sites for hydroxylation is 1. The summed E-state index contributed by atoms with van der Waals surface area (Å²) in [5.41, 5.74) is 5.40. The van der Waals surface area contributed by atoms with Crippen LogP contribution in [0.15, 0.2) is 73.1 Å². The monoisotopic (exact) mass is 507 g/mol. The molecule has 0 unspecified atom stereocenters. The Kier molecular flexibility index (Phi) is 6.58. The number of pyridine rings is 2. The first-order valence-corrected chi connectivity index (χ1v) is 13.5. The molecule has 1 aromatic carbocycles. The highest BCUT2D eigenvalue weighted by Gasteiger charge is 2.29. The molecule has 1 saturated heterocycles. The van der Waals surface area contributed by atoms with Gasteiger partial charge >= 0.3 is 0 Å². The zero-order valence-corrected chi connectivity index (χ0v) is 21.8.